The molecule has 0 aliphatic heterocycles. The highest BCUT2D eigenvalue weighted by Gasteiger charge is 2.47. The molecule has 2 N–H and O–H groups in total. The van der Waals surface area contributed by atoms with Gasteiger partial charge in [0.15, 0.2) is 0 Å². The Kier molecular flexibility index (Phi) is 2.82. The van der Waals surface area contributed by atoms with Gasteiger partial charge in [-0.2, -0.15) is 5.10 Å². The summed E-state index contributed by atoms with van der Waals surface area (Å²) in [6, 6.07) is 0. The summed E-state index contributed by atoms with van der Waals surface area (Å²) in [5.41, 5.74) is 7.83. The van der Waals surface area contributed by atoms with E-state index in [2.05, 4.69) is 32.1 Å². The lowest BCUT2D eigenvalue weighted by Crippen LogP contribution is -2.45. The van der Waals surface area contributed by atoms with Gasteiger partial charge < -0.3 is 5.73 Å². The van der Waals surface area contributed by atoms with E-state index in [1.807, 2.05) is 10.9 Å². The Balaban J connectivity index is 2.28. The molecule has 1 aromatic heterocycles. The fraction of sp³-hybridized carbons (Fsp3) is 0.769. The first-order chi connectivity index (χ1) is 7.49. The van der Waals surface area contributed by atoms with Crippen molar-refractivity contribution in [1.82, 2.24) is 9.78 Å². The zero-order chi connectivity index (χ0) is 11.8. The van der Waals surface area contributed by atoms with Crippen LogP contribution in [0, 0.1) is 5.41 Å². The highest BCUT2D eigenvalue weighted by atomic mass is 15.3. The Hall–Kier alpha value is -0.830. The van der Waals surface area contributed by atoms with E-state index in [1.54, 1.807) is 0 Å². The standard InChI is InChI=1S/C13H23N3/c1-4-8-16-10-11(9-15-16)13(14)7-5-6-12(13,2)3/h9-10H,4-8,14H2,1-3H3. The van der Waals surface area contributed by atoms with Gasteiger partial charge in [0.05, 0.1) is 6.20 Å². The highest BCUT2D eigenvalue weighted by Crippen LogP contribution is 2.50. The highest BCUT2D eigenvalue weighted by molar-refractivity contribution is 5.23. The molecule has 0 spiro atoms. The number of nitrogens with zero attached hydrogens (tertiary/aromatic N) is 2. The van der Waals surface area contributed by atoms with Crippen molar-refractivity contribution in [2.45, 2.75) is 58.5 Å². The summed E-state index contributed by atoms with van der Waals surface area (Å²) in [4.78, 5) is 0. The number of hydrogen-bond acceptors (Lipinski definition) is 2. The minimum atomic E-state index is -0.182. The molecule has 1 aromatic rings. The molecule has 0 radical (unpaired) electrons. The normalized spacial score (nSPS) is 28.5. The minimum absolute atomic E-state index is 0.182. The first-order valence-electron chi connectivity index (χ1n) is 6.31. The van der Waals surface area contributed by atoms with E-state index < -0.39 is 0 Å². The molecular formula is C13H23N3. The van der Waals surface area contributed by atoms with Crippen LogP contribution in [0.2, 0.25) is 0 Å². The Labute approximate surface area is 98.0 Å². The van der Waals surface area contributed by atoms with Crippen molar-refractivity contribution in [3.63, 3.8) is 0 Å². The van der Waals surface area contributed by atoms with E-state index in [9.17, 15) is 0 Å². The average molecular weight is 221 g/mol. The zero-order valence-corrected chi connectivity index (χ0v) is 10.7. The van der Waals surface area contributed by atoms with Gasteiger partial charge in [0.1, 0.15) is 0 Å². The van der Waals surface area contributed by atoms with Crippen LogP contribution < -0.4 is 5.73 Å². The van der Waals surface area contributed by atoms with E-state index in [-0.39, 0.29) is 11.0 Å². The third-order valence-corrected chi connectivity index (χ3v) is 4.18. The van der Waals surface area contributed by atoms with Gasteiger partial charge in [0.25, 0.3) is 0 Å². The van der Waals surface area contributed by atoms with E-state index in [1.165, 1.54) is 18.4 Å². The van der Waals surface area contributed by atoms with Crippen LogP contribution in [-0.4, -0.2) is 9.78 Å². The Morgan fingerprint density at radius 3 is 2.75 bits per heavy atom. The van der Waals surface area contributed by atoms with Crippen molar-refractivity contribution in [3.05, 3.63) is 18.0 Å². The predicted molar refractivity (Wildman–Crippen MR) is 66.0 cm³/mol. The predicted octanol–water partition coefficient (Wildman–Crippen LogP) is 2.66. The first kappa shape index (κ1) is 11.6. The van der Waals surface area contributed by atoms with Gasteiger partial charge in [-0.15, -0.1) is 0 Å². The molecule has 1 atom stereocenters. The summed E-state index contributed by atoms with van der Waals surface area (Å²) in [5.74, 6) is 0. The number of aryl methyl sites for hydroxylation is 1. The van der Waals surface area contributed by atoms with Crippen LogP contribution in [0.5, 0.6) is 0 Å². The summed E-state index contributed by atoms with van der Waals surface area (Å²) in [7, 11) is 0. The van der Waals surface area contributed by atoms with Crippen LogP contribution in [0.3, 0.4) is 0 Å². The number of hydrogen-bond donors (Lipinski definition) is 1. The van der Waals surface area contributed by atoms with E-state index >= 15 is 0 Å². The molecule has 1 saturated carbocycles. The van der Waals surface area contributed by atoms with Gasteiger partial charge in [-0.3, -0.25) is 4.68 Å². The quantitative estimate of drug-likeness (QED) is 0.852. The fourth-order valence-electron chi connectivity index (χ4n) is 2.85. The average Bonchev–Trinajstić information content (AvgIpc) is 2.75. The summed E-state index contributed by atoms with van der Waals surface area (Å²) in [6.07, 6.45) is 8.73. The molecule has 0 amide bonds. The molecule has 0 aromatic carbocycles. The third-order valence-electron chi connectivity index (χ3n) is 4.18. The molecule has 0 bridgehead atoms. The molecule has 2 rings (SSSR count). The number of aromatic nitrogens is 2. The third kappa shape index (κ3) is 1.67. The maximum absolute atomic E-state index is 6.61. The summed E-state index contributed by atoms with van der Waals surface area (Å²) >= 11 is 0. The smallest absolute Gasteiger partial charge is 0.0540 e. The molecule has 1 aliphatic rings. The molecule has 16 heavy (non-hydrogen) atoms. The van der Waals surface area contributed by atoms with Gasteiger partial charge in [-0.25, -0.2) is 0 Å². The molecule has 1 fully saturated rings. The molecule has 1 unspecified atom stereocenters. The van der Waals surface area contributed by atoms with Gasteiger partial charge in [0.2, 0.25) is 0 Å². The number of rotatable bonds is 3. The molecule has 3 heteroatoms. The van der Waals surface area contributed by atoms with Crippen LogP contribution in [0.25, 0.3) is 0 Å². The molecular weight excluding hydrogens is 198 g/mol. The second kappa shape index (κ2) is 3.88. The van der Waals surface area contributed by atoms with Gasteiger partial charge >= 0.3 is 0 Å². The Bertz CT molecular complexity index is 367. The van der Waals surface area contributed by atoms with Gasteiger partial charge in [0, 0.05) is 23.8 Å². The van der Waals surface area contributed by atoms with Crippen LogP contribution >= 0.6 is 0 Å². The maximum atomic E-state index is 6.61. The topological polar surface area (TPSA) is 43.8 Å². The largest absolute Gasteiger partial charge is 0.321 e. The van der Waals surface area contributed by atoms with Crippen molar-refractivity contribution in [1.29, 1.82) is 0 Å². The maximum Gasteiger partial charge on any atom is 0.0540 e. The van der Waals surface area contributed by atoms with E-state index in [0.717, 1.165) is 19.4 Å². The van der Waals surface area contributed by atoms with Crippen LogP contribution in [0.4, 0.5) is 0 Å². The van der Waals surface area contributed by atoms with Crippen molar-refractivity contribution in [3.8, 4) is 0 Å². The van der Waals surface area contributed by atoms with Crippen LogP contribution in [-0.2, 0) is 12.1 Å². The van der Waals surface area contributed by atoms with Crippen molar-refractivity contribution in [2.24, 2.45) is 11.1 Å². The Morgan fingerprint density at radius 2 is 2.19 bits per heavy atom. The SMILES string of the molecule is CCCn1cc(C2(N)CCCC2(C)C)cn1. The molecule has 3 nitrogen and oxygen atoms in total. The summed E-state index contributed by atoms with van der Waals surface area (Å²) < 4.78 is 2.01. The number of nitrogens with two attached hydrogens (primary N) is 1. The Morgan fingerprint density at radius 1 is 1.44 bits per heavy atom. The van der Waals surface area contributed by atoms with E-state index in [4.69, 9.17) is 5.73 Å². The lowest BCUT2D eigenvalue weighted by molar-refractivity contribution is 0.210. The molecule has 90 valence electrons. The van der Waals surface area contributed by atoms with Gasteiger partial charge in [-0.05, 0) is 24.7 Å². The van der Waals surface area contributed by atoms with Gasteiger partial charge in [-0.1, -0.05) is 27.2 Å². The van der Waals surface area contributed by atoms with E-state index in [0.29, 0.717) is 0 Å². The molecule has 1 heterocycles. The second-order valence-corrected chi connectivity index (χ2v) is 5.70. The van der Waals surface area contributed by atoms with Crippen LogP contribution in [0.15, 0.2) is 12.4 Å². The molecule has 0 saturated heterocycles. The van der Waals surface area contributed by atoms with Crippen molar-refractivity contribution < 1.29 is 0 Å². The lowest BCUT2D eigenvalue weighted by atomic mass is 9.72. The van der Waals surface area contributed by atoms with Crippen LogP contribution in [0.1, 0.15) is 52.0 Å². The summed E-state index contributed by atoms with van der Waals surface area (Å²) in [6.45, 7) is 7.70. The molecule has 1 aliphatic carbocycles. The van der Waals surface area contributed by atoms with Crippen molar-refractivity contribution >= 4 is 0 Å². The zero-order valence-electron chi connectivity index (χ0n) is 10.7. The lowest BCUT2D eigenvalue weighted by Gasteiger charge is -2.37. The fourth-order valence-corrected chi connectivity index (χ4v) is 2.85. The monoisotopic (exact) mass is 221 g/mol. The minimum Gasteiger partial charge on any atom is -0.321 e. The van der Waals surface area contributed by atoms with Crippen molar-refractivity contribution in [2.75, 3.05) is 0 Å². The summed E-state index contributed by atoms with van der Waals surface area (Å²) in [5, 5.41) is 4.40. The first-order valence-corrected chi connectivity index (χ1v) is 6.31. The second-order valence-electron chi connectivity index (χ2n) is 5.70.